The van der Waals surface area contributed by atoms with Gasteiger partial charge in [0.25, 0.3) is 0 Å². The molecule has 1 N–H and O–H groups in total. The van der Waals surface area contributed by atoms with E-state index < -0.39 is 5.97 Å². The van der Waals surface area contributed by atoms with Crippen molar-refractivity contribution in [2.24, 2.45) is 0 Å². The van der Waals surface area contributed by atoms with E-state index in [0.29, 0.717) is 6.42 Å². The monoisotopic (exact) mass is 218 g/mol. The van der Waals surface area contributed by atoms with Crippen LogP contribution < -0.4 is 0 Å². The second-order valence-electron chi connectivity index (χ2n) is 3.76. The van der Waals surface area contributed by atoms with Crippen LogP contribution in [0.3, 0.4) is 0 Å². The Morgan fingerprint density at radius 2 is 2.00 bits per heavy atom. The Hall–Kier alpha value is -1.57. The normalized spacial score (nSPS) is 12.8. The summed E-state index contributed by atoms with van der Waals surface area (Å²) in [6, 6.07) is 9.42. The minimum atomic E-state index is -0.740. The molecule has 1 aromatic rings. The quantitative estimate of drug-likeness (QED) is 0.741. The number of carbonyl (C=O) groups is 1. The molecule has 0 aliphatic carbocycles. The molecular formula is C14H18O2. The Bertz CT molecular complexity index is 341. The van der Waals surface area contributed by atoms with Crippen molar-refractivity contribution < 1.29 is 9.90 Å². The molecule has 0 bridgehead atoms. The highest BCUT2D eigenvalue weighted by Crippen LogP contribution is 2.21. The van der Waals surface area contributed by atoms with Crippen LogP contribution in [-0.4, -0.2) is 11.1 Å². The van der Waals surface area contributed by atoms with Crippen LogP contribution in [0.4, 0.5) is 0 Å². The van der Waals surface area contributed by atoms with Crippen molar-refractivity contribution in [3.8, 4) is 0 Å². The number of benzene rings is 1. The second kappa shape index (κ2) is 6.83. The van der Waals surface area contributed by atoms with E-state index in [-0.39, 0.29) is 5.92 Å². The molecule has 1 atom stereocenters. The van der Waals surface area contributed by atoms with Crippen molar-refractivity contribution in [2.75, 3.05) is 0 Å². The summed E-state index contributed by atoms with van der Waals surface area (Å²) in [6.45, 7) is 2.07. The summed E-state index contributed by atoms with van der Waals surface area (Å²) in [5, 5.41) is 9.16. The zero-order chi connectivity index (χ0) is 11.8. The first kappa shape index (κ1) is 12.5. The van der Waals surface area contributed by atoms with E-state index in [0.717, 1.165) is 18.4 Å². The van der Waals surface area contributed by atoms with Crippen LogP contribution >= 0.6 is 0 Å². The highest BCUT2D eigenvalue weighted by molar-refractivity contribution is 5.76. The first-order valence-corrected chi connectivity index (χ1v) is 5.68. The number of hydrogen-bond donors (Lipinski definition) is 1. The molecule has 0 spiro atoms. The predicted molar refractivity (Wildman–Crippen MR) is 65.5 cm³/mol. The van der Waals surface area contributed by atoms with Crippen LogP contribution in [0.1, 0.15) is 37.7 Å². The molecule has 2 heteroatoms. The third-order valence-corrected chi connectivity index (χ3v) is 2.52. The molecule has 1 unspecified atom stereocenters. The first-order chi connectivity index (χ1) is 7.75. The Balaban J connectivity index is 2.62. The molecule has 16 heavy (non-hydrogen) atoms. The van der Waals surface area contributed by atoms with Gasteiger partial charge >= 0.3 is 5.97 Å². The highest BCUT2D eigenvalue weighted by Gasteiger charge is 2.17. The Morgan fingerprint density at radius 3 is 2.56 bits per heavy atom. The van der Waals surface area contributed by atoms with Gasteiger partial charge in [-0.25, -0.2) is 0 Å². The molecule has 0 aliphatic heterocycles. The summed E-state index contributed by atoms with van der Waals surface area (Å²) in [6.07, 6.45) is 6.61. The van der Waals surface area contributed by atoms with Gasteiger partial charge in [-0.3, -0.25) is 4.79 Å². The van der Waals surface area contributed by atoms with Gasteiger partial charge in [-0.2, -0.15) is 0 Å². The average Bonchev–Trinajstić information content (AvgIpc) is 2.30. The van der Waals surface area contributed by atoms with Gasteiger partial charge in [0.05, 0.1) is 5.92 Å². The number of hydrogen-bond acceptors (Lipinski definition) is 1. The summed E-state index contributed by atoms with van der Waals surface area (Å²) in [7, 11) is 0. The van der Waals surface area contributed by atoms with Crippen LogP contribution in [-0.2, 0) is 4.79 Å². The highest BCUT2D eigenvalue weighted by atomic mass is 16.4. The lowest BCUT2D eigenvalue weighted by molar-refractivity contribution is -0.138. The topological polar surface area (TPSA) is 37.3 Å². The summed E-state index contributed by atoms with van der Waals surface area (Å²) in [5.41, 5.74) is 0.889. The lowest BCUT2D eigenvalue weighted by Gasteiger charge is -2.11. The maximum Gasteiger partial charge on any atom is 0.310 e. The minimum Gasteiger partial charge on any atom is -0.481 e. The van der Waals surface area contributed by atoms with Crippen LogP contribution in [0.2, 0.25) is 0 Å². The fraction of sp³-hybridized carbons (Fsp3) is 0.357. The maximum absolute atomic E-state index is 11.1. The van der Waals surface area contributed by atoms with Gasteiger partial charge in [-0.05, 0) is 24.8 Å². The molecule has 0 fully saturated rings. The molecule has 0 aromatic heterocycles. The molecule has 0 saturated carbocycles. The maximum atomic E-state index is 11.1. The van der Waals surface area contributed by atoms with Gasteiger partial charge in [-0.1, -0.05) is 49.4 Å². The Kier molecular flexibility index (Phi) is 5.34. The molecule has 86 valence electrons. The van der Waals surface area contributed by atoms with Gasteiger partial charge in [-0.15, -0.1) is 0 Å². The van der Waals surface area contributed by atoms with Crippen molar-refractivity contribution in [1.29, 1.82) is 0 Å². The summed E-state index contributed by atoms with van der Waals surface area (Å²) in [5.74, 6) is -1.13. The number of carboxylic acid groups (broad SMARTS) is 1. The molecule has 1 rings (SSSR count). The van der Waals surface area contributed by atoms with Crippen molar-refractivity contribution in [2.45, 2.75) is 32.1 Å². The minimum absolute atomic E-state index is 0.386. The predicted octanol–water partition coefficient (Wildman–Crippen LogP) is 3.60. The average molecular weight is 218 g/mol. The van der Waals surface area contributed by atoms with Crippen LogP contribution in [0, 0.1) is 0 Å². The molecule has 2 nitrogen and oxygen atoms in total. The fourth-order valence-electron chi connectivity index (χ4n) is 1.67. The van der Waals surface area contributed by atoms with E-state index in [9.17, 15) is 4.79 Å². The van der Waals surface area contributed by atoms with Crippen LogP contribution in [0.25, 0.3) is 0 Å². The van der Waals surface area contributed by atoms with E-state index >= 15 is 0 Å². The number of aliphatic carboxylic acids is 1. The van der Waals surface area contributed by atoms with E-state index in [4.69, 9.17) is 5.11 Å². The first-order valence-electron chi connectivity index (χ1n) is 5.68. The fourth-order valence-corrected chi connectivity index (χ4v) is 1.67. The molecule has 0 radical (unpaired) electrons. The van der Waals surface area contributed by atoms with Gasteiger partial charge in [0, 0.05) is 0 Å². The van der Waals surface area contributed by atoms with Crippen molar-refractivity contribution in [3.05, 3.63) is 48.0 Å². The van der Waals surface area contributed by atoms with Crippen LogP contribution in [0.15, 0.2) is 42.5 Å². The molecule has 0 saturated heterocycles. The van der Waals surface area contributed by atoms with E-state index in [1.807, 2.05) is 30.3 Å². The van der Waals surface area contributed by atoms with Gasteiger partial charge in [0.2, 0.25) is 0 Å². The Morgan fingerprint density at radius 1 is 1.31 bits per heavy atom. The lowest BCUT2D eigenvalue weighted by Crippen LogP contribution is -2.11. The molecule has 1 aromatic carbocycles. The lowest BCUT2D eigenvalue weighted by atomic mass is 9.94. The Labute approximate surface area is 96.6 Å². The number of allylic oxidation sites excluding steroid dienone is 2. The smallest absolute Gasteiger partial charge is 0.310 e. The van der Waals surface area contributed by atoms with Gasteiger partial charge < -0.3 is 5.11 Å². The zero-order valence-electron chi connectivity index (χ0n) is 9.60. The van der Waals surface area contributed by atoms with Gasteiger partial charge in [0.1, 0.15) is 0 Å². The van der Waals surface area contributed by atoms with E-state index in [2.05, 4.69) is 19.1 Å². The van der Waals surface area contributed by atoms with Crippen molar-refractivity contribution in [3.63, 3.8) is 0 Å². The largest absolute Gasteiger partial charge is 0.481 e. The summed E-state index contributed by atoms with van der Waals surface area (Å²) >= 11 is 0. The zero-order valence-corrected chi connectivity index (χ0v) is 9.60. The standard InChI is InChI=1S/C14H18O2/c1-2-3-4-8-11-13(14(15)16)12-9-6-5-7-10-12/h3-7,9-10,13H,2,8,11H2,1H3,(H,15,16)/b4-3-. The van der Waals surface area contributed by atoms with Gasteiger partial charge in [0.15, 0.2) is 0 Å². The molecule has 0 aliphatic rings. The third kappa shape index (κ3) is 3.89. The SMILES string of the molecule is CC/C=C\CCC(C(=O)O)c1ccccc1. The van der Waals surface area contributed by atoms with Crippen LogP contribution in [0.5, 0.6) is 0 Å². The van der Waals surface area contributed by atoms with Crippen molar-refractivity contribution >= 4 is 5.97 Å². The molecule has 0 amide bonds. The van der Waals surface area contributed by atoms with E-state index in [1.54, 1.807) is 0 Å². The molecule has 0 heterocycles. The summed E-state index contributed by atoms with van der Waals surface area (Å²) < 4.78 is 0. The summed E-state index contributed by atoms with van der Waals surface area (Å²) in [4.78, 5) is 11.1. The second-order valence-corrected chi connectivity index (χ2v) is 3.76. The van der Waals surface area contributed by atoms with E-state index in [1.165, 1.54) is 0 Å². The number of carboxylic acids is 1. The van der Waals surface area contributed by atoms with Crippen molar-refractivity contribution in [1.82, 2.24) is 0 Å². The number of rotatable bonds is 6. The third-order valence-electron chi connectivity index (χ3n) is 2.52. The molecular weight excluding hydrogens is 200 g/mol.